The average Bonchev–Trinajstić information content (AvgIpc) is 2.44. The molecule has 4 nitrogen and oxygen atoms in total. The molecule has 0 aliphatic heterocycles. The van der Waals surface area contributed by atoms with Gasteiger partial charge in [-0.05, 0) is 17.7 Å². The maximum absolute atomic E-state index is 11.9. The van der Waals surface area contributed by atoms with E-state index in [1.165, 1.54) is 18.2 Å². The topological polar surface area (TPSA) is 69.6 Å². The van der Waals surface area contributed by atoms with Gasteiger partial charge in [-0.2, -0.15) is 0 Å². The van der Waals surface area contributed by atoms with Crippen molar-refractivity contribution in [1.82, 2.24) is 5.32 Å². The smallest absolute Gasteiger partial charge is 0.251 e. The number of phenols is 2. The van der Waals surface area contributed by atoms with Gasteiger partial charge in [-0.1, -0.05) is 46.3 Å². The van der Waals surface area contributed by atoms with E-state index in [9.17, 15) is 15.0 Å². The Balaban J connectivity index is 1.98. The number of halogens is 1. The van der Waals surface area contributed by atoms with Gasteiger partial charge in [-0.15, -0.1) is 0 Å². The molecule has 0 aliphatic rings. The Morgan fingerprint density at radius 3 is 2.30 bits per heavy atom. The monoisotopic (exact) mass is 335 g/mol. The van der Waals surface area contributed by atoms with Crippen LogP contribution < -0.4 is 5.32 Å². The second-order valence-electron chi connectivity index (χ2n) is 4.33. The lowest BCUT2D eigenvalue weighted by Crippen LogP contribution is -2.26. The summed E-state index contributed by atoms with van der Waals surface area (Å²) >= 11 is 3.50. The summed E-state index contributed by atoms with van der Waals surface area (Å²) in [5.74, 6) is -0.640. The minimum absolute atomic E-state index is 0.00134. The highest BCUT2D eigenvalue weighted by atomic mass is 79.9. The van der Waals surface area contributed by atoms with E-state index in [2.05, 4.69) is 21.2 Å². The summed E-state index contributed by atoms with van der Waals surface area (Å²) in [5.41, 5.74) is 1.28. The summed E-state index contributed by atoms with van der Waals surface area (Å²) in [4.78, 5) is 11.9. The summed E-state index contributed by atoms with van der Waals surface area (Å²) in [5, 5.41) is 21.4. The van der Waals surface area contributed by atoms with Gasteiger partial charge in [0, 0.05) is 18.2 Å². The first-order chi connectivity index (χ1) is 9.56. The summed E-state index contributed by atoms with van der Waals surface area (Å²) < 4.78 is 0. The summed E-state index contributed by atoms with van der Waals surface area (Å²) in [7, 11) is 0. The second-order valence-corrected chi connectivity index (χ2v) is 5.43. The SMILES string of the molecule is O=C(NCC(Br)c1ccccc1)c1cc(O)cc(O)c1. The van der Waals surface area contributed by atoms with Crippen molar-refractivity contribution in [3.63, 3.8) is 0 Å². The Hall–Kier alpha value is -2.01. The lowest BCUT2D eigenvalue weighted by atomic mass is 10.1. The number of nitrogens with one attached hydrogen (secondary N) is 1. The zero-order valence-corrected chi connectivity index (χ0v) is 12.2. The van der Waals surface area contributed by atoms with E-state index in [0.29, 0.717) is 6.54 Å². The number of alkyl halides is 1. The van der Waals surface area contributed by atoms with Crippen molar-refractivity contribution in [2.45, 2.75) is 4.83 Å². The van der Waals surface area contributed by atoms with Gasteiger partial charge in [-0.3, -0.25) is 4.79 Å². The molecule has 2 rings (SSSR count). The zero-order chi connectivity index (χ0) is 14.5. The molecule has 1 amide bonds. The van der Waals surface area contributed by atoms with Crippen LogP contribution >= 0.6 is 15.9 Å². The van der Waals surface area contributed by atoms with Crippen LogP contribution in [0.1, 0.15) is 20.7 Å². The molecule has 1 unspecified atom stereocenters. The highest BCUT2D eigenvalue weighted by Crippen LogP contribution is 2.22. The molecule has 0 saturated carbocycles. The highest BCUT2D eigenvalue weighted by molar-refractivity contribution is 9.09. The Morgan fingerprint density at radius 2 is 1.70 bits per heavy atom. The van der Waals surface area contributed by atoms with Gasteiger partial charge in [-0.25, -0.2) is 0 Å². The van der Waals surface area contributed by atoms with Gasteiger partial charge in [0.1, 0.15) is 11.5 Å². The third-order valence-corrected chi connectivity index (χ3v) is 3.62. The first-order valence-electron chi connectivity index (χ1n) is 6.06. The highest BCUT2D eigenvalue weighted by Gasteiger charge is 2.12. The van der Waals surface area contributed by atoms with E-state index in [4.69, 9.17) is 0 Å². The Morgan fingerprint density at radius 1 is 1.10 bits per heavy atom. The number of amides is 1. The molecule has 0 aliphatic carbocycles. The number of carbonyl (C=O) groups is 1. The van der Waals surface area contributed by atoms with Gasteiger partial charge in [0.05, 0.1) is 4.83 Å². The van der Waals surface area contributed by atoms with E-state index < -0.39 is 0 Å². The summed E-state index contributed by atoms with van der Waals surface area (Å²) in [6.07, 6.45) is 0. The number of benzene rings is 2. The number of phenolic OH excluding ortho intramolecular Hbond substituents is 2. The maximum atomic E-state index is 11.9. The van der Waals surface area contributed by atoms with Crippen LogP contribution in [0.5, 0.6) is 11.5 Å². The molecule has 5 heteroatoms. The van der Waals surface area contributed by atoms with Crippen molar-refractivity contribution in [1.29, 1.82) is 0 Å². The molecule has 1 atom stereocenters. The van der Waals surface area contributed by atoms with E-state index >= 15 is 0 Å². The van der Waals surface area contributed by atoms with E-state index in [-0.39, 0.29) is 27.8 Å². The third-order valence-electron chi connectivity index (χ3n) is 2.77. The van der Waals surface area contributed by atoms with Crippen molar-refractivity contribution in [2.75, 3.05) is 6.54 Å². The molecule has 0 saturated heterocycles. The molecular formula is C15H14BrNO3. The Labute approximate surface area is 125 Å². The molecular weight excluding hydrogens is 322 g/mol. The second kappa shape index (κ2) is 6.43. The fraction of sp³-hybridized carbons (Fsp3) is 0.133. The molecule has 0 bridgehead atoms. The Bertz CT molecular complexity index is 581. The predicted molar refractivity (Wildman–Crippen MR) is 80.2 cm³/mol. The lowest BCUT2D eigenvalue weighted by molar-refractivity contribution is 0.0953. The number of rotatable bonds is 4. The van der Waals surface area contributed by atoms with Gasteiger partial charge in [0.25, 0.3) is 5.91 Å². The molecule has 0 fully saturated rings. The van der Waals surface area contributed by atoms with Crippen molar-refractivity contribution in [2.24, 2.45) is 0 Å². The molecule has 2 aromatic rings. The minimum Gasteiger partial charge on any atom is -0.508 e. The number of hydrogen-bond acceptors (Lipinski definition) is 3. The molecule has 0 radical (unpaired) electrons. The van der Waals surface area contributed by atoms with Crippen molar-refractivity contribution < 1.29 is 15.0 Å². The molecule has 0 aromatic heterocycles. The largest absolute Gasteiger partial charge is 0.508 e. The third kappa shape index (κ3) is 3.74. The van der Waals surface area contributed by atoms with Crippen molar-refractivity contribution in [3.8, 4) is 11.5 Å². The lowest BCUT2D eigenvalue weighted by Gasteiger charge is -2.12. The number of aromatic hydroxyl groups is 2. The van der Waals surface area contributed by atoms with Crippen LogP contribution in [0.2, 0.25) is 0 Å². The van der Waals surface area contributed by atoms with Crippen LogP contribution in [0.25, 0.3) is 0 Å². The standard InChI is InChI=1S/C15H14BrNO3/c16-14(10-4-2-1-3-5-10)9-17-15(20)11-6-12(18)8-13(19)7-11/h1-8,14,18-19H,9H2,(H,17,20). The number of carbonyl (C=O) groups excluding carboxylic acids is 1. The van der Waals surface area contributed by atoms with Crippen LogP contribution in [-0.2, 0) is 0 Å². The normalized spacial score (nSPS) is 11.8. The van der Waals surface area contributed by atoms with Gasteiger partial charge >= 0.3 is 0 Å². The molecule has 2 aromatic carbocycles. The van der Waals surface area contributed by atoms with Gasteiger partial charge in [0.15, 0.2) is 0 Å². The molecule has 0 spiro atoms. The van der Waals surface area contributed by atoms with Crippen LogP contribution in [0.3, 0.4) is 0 Å². The van der Waals surface area contributed by atoms with E-state index in [1.807, 2.05) is 30.3 Å². The maximum Gasteiger partial charge on any atom is 0.251 e. The Kier molecular flexibility index (Phi) is 4.63. The first-order valence-corrected chi connectivity index (χ1v) is 6.98. The van der Waals surface area contributed by atoms with Gasteiger partial charge in [0.2, 0.25) is 0 Å². The van der Waals surface area contributed by atoms with Crippen molar-refractivity contribution in [3.05, 3.63) is 59.7 Å². The molecule has 3 N–H and O–H groups in total. The average molecular weight is 336 g/mol. The summed E-state index contributed by atoms with van der Waals surface area (Å²) in [6, 6.07) is 13.5. The predicted octanol–water partition coefficient (Wildman–Crippen LogP) is 2.96. The zero-order valence-electron chi connectivity index (χ0n) is 10.6. The number of hydrogen-bond donors (Lipinski definition) is 3. The quantitative estimate of drug-likeness (QED) is 0.752. The van der Waals surface area contributed by atoms with E-state index in [1.54, 1.807) is 0 Å². The van der Waals surface area contributed by atoms with Crippen LogP contribution in [-0.4, -0.2) is 22.7 Å². The van der Waals surface area contributed by atoms with Crippen LogP contribution in [0.4, 0.5) is 0 Å². The van der Waals surface area contributed by atoms with E-state index in [0.717, 1.165) is 5.56 Å². The fourth-order valence-electron chi connectivity index (χ4n) is 1.79. The van der Waals surface area contributed by atoms with Crippen LogP contribution in [0.15, 0.2) is 48.5 Å². The molecule has 20 heavy (non-hydrogen) atoms. The fourth-order valence-corrected chi connectivity index (χ4v) is 2.26. The first kappa shape index (κ1) is 14.4. The molecule has 0 heterocycles. The van der Waals surface area contributed by atoms with Gasteiger partial charge < -0.3 is 15.5 Å². The van der Waals surface area contributed by atoms with Crippen LogP contribution in [0, 0.1) is 0 Å². The minimum atomic E-state index is -0.350. The van der Waals surface area contributed by atoms with Crippen molar-refractivity contribution >= 4 is 21.8 Å². The molecule has 104 valence electrons. The summed E-state index contributed by atoms with van der Waals surface area (Å²) in [6.45, 7) is 0.402.